The molecule has 1 unspecified atom stereocenters. The van der Waals surface area contributed by atoms with E-state index >= 15 is 0 Å². The second-order valence-electron chi connectivity index (χ2n) is 6.52. The lowest BCUT2D eigenvalue weighted by molar-refractivity contribution is 0.317. The summed E-state index contributed by atoms with van der Waals surface area (Å²) in [5.41, 5.74) is 1.54. The largest absolute Gasteiger partial charge is 0.314 e. The smallest absolute Gasteiger partial charge is 0.00676 e. The van der Waals surface area contributed by atoms with Gasteiger partial charge in [-0.3, -0.25) is 0 Å². The maximum atomic E-state index is 3.83. The fourth-order valence-corrected chi connectivity index (χ4v) is 3.73. The first-order valence-corrected chi connectivity index (χ1v) is 8.35. The molecule has 108 valence electrons. The SMILES string of the molecule is C1=CCC(CNC2CCC(c3ccccc3)CC2)CC1. The Morgan fingerprint density at radius 2 is 1.70 bits per heavy atom. The molecule has 0 radical (unpaired) electrons. The van der Waals surface area contributed by atoms with E-state index < -0.39 is 0 Å². The molecule has 1 saturated carbocycles. The molecule has 1 nitrogen and oxygen atoms in total. The van der Waals surface area contributed by atoms with Crippen LogP contribution in [-0.4, -0.2) is 12.6 Å². The van der Waals surface area contributed by atoms with Gasteiger partial charge in [0.2, 0.25) is 0 Å². The van der Waals surface area contributed by atoms with Gasteiger partial charge < -0.3 is 5.32 Å². The molecule has 0 spiro atoms. The van der Waals surface area contributed by atoms with Gasteiger partial charge in [-0.15, -0.1) is 0 Å². The van der Waals surface area contributed by atoms with Gasteiger partial charge in [-0.05, 0) is 68.9 Å². The predicted octanol–water partition coefficient (Wildman–Crippen LogP) is 4.66. The first-order chi connectivity index (χ1) is 9.92. The van der Waals surface area contributed by atoms with Crippen LogP contribution in [0.4, 0.5) is 0 Å². The molecule has 1 aromatic rings. The van der Waals surface area contributed by atoms with Crippen LogP contribution in [0.25, 0.3) is 0 Å². The van der Waals surface area contributed by atoms with Crippen molar-refractivity contribution >= 4 is 0 Å². The summed E-state index contributed by atoms with van der Waals surface area (Å²) in [7, 11) is 0. The molecule has 0 aromatic heterocycles. The maximum Gasteiger partial charge on any atom is 0.00676 e. The molecule has 20 heavy (non-hydrogen) atoms. The second-order valence-corrected chi connectivity index (χ2v) is 6.52. The molecule has 3 rings (SSSR count). The van der Waals surface area contributed by atoms with Gasteiger partial charge in [-0.25, -0.2) is 0 Å². The minimum atomic E-state index is 0.765. The van der Waals surface area contributed by atoms with Crippen LogP contribution in [-0.2, 0) is 0 Å². The molecule has 1 aromatic carbocycles. The highest BCUT2D eigenvalue weighted by atomic mass is 14.9. The van der Waals surface area contributed by atoms with Crippen molar-refractivity contribution in [1.82, 2.24) is 5.32 Å². The van der Waals surface area contributed by atoms with Crippen molar-refractivity contribution in [3.8, 4) is 0 Å². The summed E-state index contributed by atoms with van der Waals surface area (Å²) < 4.78 is 0. The fraction of sp³-hybridized carbons (Fsp3) is 0.579. The zero-order valence-electron chi connectivity index (χ0n) is 12.4. The highest BCUT2D eigenvalue weighted by Crippen LogP contribution is 2.32. The molecule has 1 heteroatoms. The number of hydrogen-bond donors (Lipinski definition) is 1. The number of nitrogens with one attached hydrogen (secondary N) is 1. The predicted molar refractivity (Wildman–Crippen MR) is 85.9 cm³/mol. The van der Waals surface area contributed by atoms with Crippen LogP contribution in [0.15, 0.2) is 42.5 Å². The van der Waals surface area contributed by atoms with Crippen molar-refractivity contribution in [3.05, 3.63) is 48.0 Å². The zero-order valence-corrected chi connectivity index (χ0v) is 12.4. The van der Waals surface area contributed by atoms with E-state index in [4.69, 9.17) is 0 Å². The third kappa shape index (κ3) is 3.73. The van der Waals surface area contributed by atoms with Gasteiger partial charge in [-0.2, -0.15) is 0 Å². The van der Waals surface area contributed by atoms with Crippen LogP contribution in [0, 0.1) is 5.92 Å². The topological polar surface area (TPSA) is 12.0 Å². The monoisotopic (exact) mass is 269 g/mol. The van der Waals surface area contributed by atoms with Crippen LogP contribution in [0.3, 0.4) is 0 Å². The van der Waals surface area contributed by atoms with Gasteiger partial charge in [0.1, 0.15) is 0 Å². The number of benzene rings is 1. The fourth-order valence-electron chi connectivity index (χ4n) is 3.73. The number of allylic oxidation sites excluding steroid dienone is 2. The molecule has 0 amide bonds. The lowest BCUT2D eigenvalue weighted by Crippen LogP contribution is -2.36. The minimum absolute atomic E-state index is 0.765. The van der Waals surface area contributed by atoms with E-state index in [1.165, 1.54) is 51.5 Å². The number of hydrogen-bond acceptors (Lipinski definition) is 1. The van der Waals surface area contributed by atoms with Crippen LogP contribution < -0.4 is 5.32 Å². The quantitative estimate of drug-likeness (QED) is 0.784. The summed E-state index contributed by atoms with van der Waals surface area (Å²) >= 11 is 0. The normalized spacial score (nSPS) is 30.3. The third-order valence-corrected chi connectivity index (χ3v) is 5.07. The first kappa shape index (κ1) is 13.9. The summed E-state index contributed by atoms with van der Waals surface area (Å²) in [6.07, 6.45) is 14.1. The van der Waals surface area contributed by atoms with Crippen molar-refractivity contribution < 1.29 is 0 Å². The molecule has 2 aliphatic rings. The molecular formula is C19H27N. The molecule has 1 fully saturated rings. The Morgan fingerprint density at radius 3 is 2.40 bits per heavy atom. The summed E-state index contributed by atoms with van der Waals surface area (Å²) in [6, 6.07) is 11.8. The van der Waals surface area contributed by atoms with E-state index in [2.05, 4.69) is 47.8 Å². The molecule has 1 atom stereocenters. The number of rotatable bonds is 4. The Morgan fingerprint density at radius 1 is 0.900 bits per heavy atom. The Hall–Kier alpha value is -1.08. The maximum absolute atomic E-state index is 3.83. The lowest BCUT2D eigenvalue weighted by Gasteiger charge is -2.31. The van der Waals surface area contributed by atoms with E-state index in [0.29, 0.717) is 0 Å². The van der Waals surface area contributed by atoms with Crippen molar-refractivity contribution in [2.45, 2.75) is 56.9 Å². The Labute approximate surface area is 123 Å². The van der Waals surface area contributed by atoms with Crippen LogP contribution in [0.5, 0.6) is 0 Å². The van der Waals surface area contributed by atoms with Gasteiger partial charge in [0.15, 0.2) is 0 Å². The van der Waals surface area contributed by atoms with E-state index in [9.17, 15) is 0 Å². The van der Waals surface area contributed by atoms with Crippen LogP contribution in [0.1, 0.15) is 56.4 Å². The average Bonchev–Trinajstić information content (AvgIpc) is 2.55. The Balaban J connectivity index is 1.41. The molecule has 0 heterocycles. The van der Waals surface area contributed by atoms with Crippen molar-refractivity contribution in [1.29, 1.82) is 0 Å². The van der Waals surface area contributed by atoms with E-state index in [1.807, 2.05) is 0 Å². The third-order valence-electron chi connectivity index (χ3n) is 5.07. The molecular weight excluding hydrogens is 242 g/mol. The van der Waals surface area contributed by atoms with Crippen molar-refractivity contribution in [2.24, 2.45) is 5.92 Å². The second kappa shape index (κ2) is 7.08. The standard InChI is InChI=1S/C19H27N/c1-3-7-16(8-4-1)15-20-19-13-11-18(12-14-19)17-9-5-2-6-10-17/h1-3,5-6,9-10,16,18-20H,4,7-8,11-15H2. The van der Waals surface area contributed by atoms with E-state index in [0.717, 1.165) is 17.9 Å². The summed E-state index contributed by atoms with van der Waals surface area (Å²) in [5, 5.41) is 3.83. The molecule has 0 saturated heterocycles. The molecule has 0 aliphatic heterocycles. The van der Waals surface area contributed by atoms with E-state index in [-0.39, 0.29) is 0 Å². The van der Waals surface area contributed by atoms with Gasteiger partial charge in [0.25, 0.3) is 0 Å². The highest BCUT2D eigenvalue weighted by Gasteiger charge is 2.22. The summed E-state index contributed by atoms with van der Waals surface area (Å²) in [5.74, 6) is 1.68. The molecule has 1 N–H and O–H groups in total. The van der Waals surface area contributed by atoms with Gasteiger partial charge in [0.05, 0.1) is 0 Å². The van der Waals surface area contributed by atoms with Crippen LogP contribution >= 0.6 is 0 Å². The average molecular weight is 269 g/mol. The van der Waals surface area contributed by atoms with Crippen molar-refractivity contribution in [3.63, 3.8) is 0 Å². The molecule has 0 bridgehead atoms. The van der Waals surface area contributed by atoms with Gasteiger partial charge >= 0.3 is 0 Å². The van der Waals surface area contributed by atoms with Crippen molar-refractivity contribution in [2.75, 3.05) is 6.54 Å². The van der Waals surface area contributed by atoms with E-state index in [1.54, 1.807) is 5.56 Å². The summed E-state index contributed by atoms with van der Waals surface area (Å²) in [6.45, 7) is 1.23. The Bertz CT molecular complexity index is 415. The van der Waals surface area contributed by atoms with Gasteiger partial charge in [0, 0.05) is 6.04 Å². The highest BCUT2D eigenvalue weighted by molar-refractivity contribution is 5.20. The summed E-state index contributed by atoms with van der Waals surface area (Å²) in [4.78, 5) is 0. The Kier molecular flexibility index (Phi) is 4.91. The minimum Gasteiger partial charge on any atom is -0.314 e. The zero-order chi connectivity index (χ0) is 13.6. The van der Waals surface area contributed by atoms with Crippen LogP contribution in [0.2, 0.25) is 0 Å². The molecule has 2 aliphatic carbocycles. The lowest BCUT2D eigenvalue weighted by atomic mass is 9.81. The van der Waals surface area contributed by atoms with Gasteiger partial charge in [-0.1, -0.05) is 42.5 Å². The first-order valence-electron chi connectivity index (χ1n) is 8.35.